The summed E-state index contributed by atoms with van der Waals surface area (Å²) in [5.41, 5.74) is 1.85. The molecule has 0 unspecified atom stereocenters. The summed E-state index contributed by atoms with van der Waals surface area (Å²) in [6.45, 7) is -0.0691. The van der Waals surface area contributed by atoms with Crippen molar-refractivity contribution in [1.82, 2.24) is 14.5 Å². The Kier molecular flexibility index (Phi) is 4.14. The number of anilines is 1. The van der Waals surface area contributed by atoms with Gasteiger partial charge in [-0.1, -0.05) is 23.5 Å². The lowest BCUT2D eigenvalue weighted by molar-refractivity contribution is -0.118. The average Bonchev–Trinajstić information content (AvgIpc) is 3.29. The molecule has 0 aliphatic heterocycles. The number of thiazole rings is 1. The van der Waals surface area contributed by atoms with Crippen LogP contribution >= 0.6 is 11.3 Å². The van der Waals surface area contributed by atoms with Crippen LogP contribution < -0.4 is 10.1 Å². The van der Waals surface area contributed by atoms with Crippen LogP contribution in [0.1, 0.15) is 0 Å². The Morgan fingerprint density at radius 3 is 2.76 bits per heavy atom. The highest BCUT2D eigenvalue weighted by Gasteiger charge is 2.08. The van der Waals surface area contributed by atoms with Crippen molar-refractivity contribution in [3.05, 3.63) is 67.3 Å². The molecule has 4 rings (SSSR count). The molecule has 25 heavy (non-hydrogen) atoms. The van der Waals surface area contributed by atoms with Gasteiger partial charge in [-0.15, -0.1) is 0 Å². The lowest BCUT2D eigenvalue weighted by Crippen LogP contribution is -2.20. The number of hydrogen-bond acceptors (Lipinski definition) is 5. The van der Waals surface area contributed by atoms with Crippen LogP contribution in [0.4, 0.5) is 5.13 Å². The molecule has 7 heteroatoms. The highest BCUT2D eigenvalue weighted by atomic mass is 32.1. The van der Waals surface area contributed by atoms with Gasteiger partial charge in [0.05, 0.1) is 16.5 Å². The second-order valence-electron chi connectivity index (χ2n) is 5.29. The number of fused-ring (bicyclic) bond motifs is 1. The normalized spacial score (nSPS) is 10.7. The number of hydrogen-bond donors (Lipinski definition) is 1. The van der Waals surface area contributed by atoms with Gasteiger partial charge >= 0.3 is 0 Å². The van der Waals surface area contributed by atoms with Gasteiger partial charge in [0.25, 0.3) is 5.91 Å². The molecule has 0 radical (unpaired) electrons. The number of nitrogens with zero attached hydrogens (tertiary/aromatic N) is 3. The predicted molar refractivity (Wildman–Crippen MR) is 97.3 cm³/mol. The molecule has 2 heterocycles. The van der Waals surface area contributed by atoms with Gasteiger partial charge in [0, 0.05) is 18.1 Å². The van der Waals surface area contributed by atoms with Crippen LogP contribution in [0.2, 0.25) is 0 Å². The first-order valence-corrected chi connectivity index (χ1v) is 8.46. The van der Waals surface area contributed by atoms with Gasteiger partial charge < -0.3 is 9.30 Å². The van der Waals surface area contributed by atoms with Crippen molar-refractivity contribution < 1.29 is 9.53 Å². The fourth-order valence-electron chi connectivity index (χ4n) is 2.36. The highest BCUT2D eigenvalue weighted by molar-refractivity contribution is 7.22. The Bertz CT molecular complexity index is 961. The number of carbonyl (C=O) groups is 1. The van der Waals surface area contributed by atoms with Gasteiger partial charge in [-0.3, -0.25) is 10.1 Å². The summed E-state index contributed by atoms with van der Waals surface area (Å²) < 4.78 is 8.45. The quantitative estimate of drug-likeness (QED) is 0.598. The number of ether oxygens (including phenoxy) is 1. The Labute approximate surface area is 147 Å². The molecule has 2 aromatic heterocycles. The number of imidazole rings is 1. The zero-order valence-corrected chi connectivity index (χ0v) is 13.9. The van der Waals surface area contributed by atoms with Gasteiger partial charge in [0.2, 0.25) is 0 Å². The largest absolute Gasteiger partial charge is 0.484 e. The topological polar surface area (TPSA) is 69.0 Å². The van der Waals surface area contributed by atoms with E-state index in [0.717, 1.165) is 15.9 Å². The van der Waals surface area contributed by atoms with E-state index >= 15 is 0 Å². The average molecular weight is 350 g/mol. The molecular formula is C18H14N4O2S. The second-order valence-corrected chi connectivity index (χ2v) is 6.32. The number of carbonyl (C=O) groups excluding carboxylic acids is 1. The van der Waals surface area contributed by atoms with Crippen molar-refractivity contribution in [2.45, 2.75) is 0 Å². The zero-order chi connectivity index (χ0) is 17.1. The lowest BCUT2D eigenvalue weighted by Gasteiger charge is -2.07. The van der Waals surface area contributed by atoms with E-state index in [-0.39, 0.29) is 12.5 Å². The number of aromatic nitrogens is 3. The monoisotopic (exact) mass is 350 g/mol. The molecule has 1 N–H and O–H groups in total. The molecule has 1 amide bonds. The number of rotatable bonds is 5. The van der Waals surface area contributed by atoms with Crippen LogP contribution in [0.3, 0.4) is 0 Å². The number of para-hydroxylation sites is 1. The number of nitrogens with one attached hydrogen (secondary N) is 1. The minimum Gasteiger partial charge on any atom is -0.484 e. The van der Waals surface area contributed by atoms with Crippen molar-refractivity contribution in [1.29, 1.82) is 0 Å². The van der Waals surface area contributed by atoms with Gasteiger partial charge in [-0.2, -0.15) is 0 Å². The summed E-state index contributed by atoms with van der Waals surface area (Å²) in [5.74, 6) is 0.390. The molecule has 0 bridgehead atoms. The van der Waals surface area contributed by atoms with E-state index in [0.29, 0.717) is 10.9 Å². The molecule has 0 aliphatic rings. The molecule has 0 atom stereocenters. The smallest absolute Gasteiger partial charge is 0.264 e. The zero-order valence-electron chi connectivity index (χ0n) is 13.1. The van der Waals surface area contributed by atoms with E-state index in [1.807, 2.05) is 59.3 Å². The third kappa shape index (κ3) is 3.51. The minimum atomic E-state index is -0.238. The molecule has 0 fully saturated rings. The van der Waals surface area contributed by atoms with Crippen LogP contribution in [0, 0.1) is 0 Å². The first-order chi connectivity index (χ1) is 12.3. The predicted octanol–water partition coefficient (Wildman–Crippen LogP) is 3.50. The molecule has 0 spiro atoms. The van der Waals surface area contributed by atoms with Gasteiger partial charge in [-0.25, -0.2) is 9.97 Å². The fraction of sp³-hybridized carbons (Fsp3) is 0.0556. The van der Waals surface area contributed by atoms with Crippen molar-refractivity contribution in [3.63, 3.8) is 0 Å². The molecule has 0 saturated heterocycles. The molecule has 6 nitrogen and oxygen atoms in total. The Morgan fingerprint density at radius 2 is 2.00 bits per heavy atom. The highest BCUT2D eigenvalue weighted by Crippen LogP contribution is 2.25. The third-order valence-corrected chi connectivity index (χ3v) is 4.50. The van der Waals surface area contributed by atoms with Crippen molar-refractivity contribution in [3.8, 4) is 11.4 Å². The Balaban J connectivity index is 1.35. The fourth-order valence-corrected chi connectivity index (χ4v) is 3.24. The number of benzene rings is 2. The summed E-state index contributed by atoms with van der Waals surface area (Å²) >= 11 is 1.44. The van der Waals surface area contributed by atoms with Gasteiger partial charge in [0.15, 0.2) is 11.7 Å². The molecular weight excluding hydrogens is 336 g/mol. The summed E-state index contributed by atoms with van der Waals surface area (Å²) in [6.07, 6.45) is 5.30. The maximum atomic E-state index is 12.0. The van der Waals surface area contributed by atoms with E-state index in [2.05, 4.69) is 15.3 Å². The summed E-state index contributed by atoms with van der Waals surface area (Å²) in [6, 6.07) is 15.2. The van der Waals surface area contributed by atoms with Crippen LogP contribution in [-0.4, -0.2) is 27.0 Å². The van der Waals surface area contributed by atoms with Crippen LogP contribution in [0.15, 0.2) is 67.3 Å². The summed E-state index contributed by atoms with van der Waals surface area (Å²) in [7, 11) is 0. The van der Waals surface area contributed by atoms with E-state index < -0.39 is 0 Å². The van der Waals surface area contributed by atoms with Crippen LogP contribution in [0.25, 0.3) is 15.9 Å². The minimum absolute atomic E-state index is 0.0691. The summed E-state index contributed by atoms with van der Waals surface area (Å²) in [4.78, 5) is 20.4. The molecule has 124 valence electrons. The Morgan fingerprint density at radius 1 is 1.16 bits per heavy atom. The summed E-state index contributed by atoms with van der Waals surface area (Å²) in [5, 5.41) is 3.34. The molecule has 0 aliphatic carbocycles. The van der Waals surface area contributed by atoms with Gasteiger partial charge in [0.1, 0.15) is 5.75 Å². The van der Waals surface area contributed by atoms with Crippen LogP contribution in [0.5, 0.6) is 5.75 Å². The van der Waals surface area contributed by atoms with E-state index in [1.54, 1.807) is 12.5 Å². The van der Waals surface area contributed by atoms with Gasteiger partial charge in [-0.05, 0) is 36.4 Å². The van der Waals surface area contributed by atoms with E-state index in [4.69, 9.17) is 4.74 Å². The van der Waals surface area contributed by atoms with Crippen LogP contribution in [-0.2, 0) is 4.79 Å². The SMILES string of the molecule is O=C(COc1ccc(-n2ccnc2)cc1)Nc1nc2ccccc2s1. The maximum absolute atomic E-state index is 12.0. The van der Waals surface area contributed by atoms with Crippen molar-refractivity contribution in [2.75, 3.05) is 11.9 Å². The first kappa shape index (κ1) is 15.3. The van der Waals surface area contributed by atoms with Crippen molar-refractivity contribution >= 4 is 32.6 Å². The van der Waals surface area contributed by atoms with E-state index in [9.17, 15) is 4.79 Å². The number of amides is 1. The molecule has 0 saturated carbocycles. The Hall–Kier alpha value is -3.19. The molecule has 4 aromatic rings. The molecule has 2 aromatic carbocycles. The van der Waals surface area contributed by atoms with Crippen molar-refractivity contribution in [2.24, 2.45) is 0 Å². The van der Waals surface area contributed by atoms with E-state index in [1.165, 1.54) is 11.3 Å². The standard InChI is InChI=1S/C18H14N4O2S/c23-17(21-18-20-15-3-1-2-4-16(15)25-18)11-24-14-7-5-13(6-8-14)22-10-9-19-12-22/h1-10,12H,11H2,(H,20,21,23). The second kappa shape index (κ2) is 6.74. The maximum Gasteiger partial charge on any atom is 0.264 e. The first-order valence-electron chi connectivity index (χ1n) is 7.64. The third-order valence-electron chi connectivity index (χ3n) is 3.55. The lowest BCUT2D eigenvalue weighted by atomic mass is 10.3.